The lowest BCUT2D eigenvalue weighted by Gasteiger charge is -2.16. The quantitative estimate of drug-likeness (QED) is 0.238. The predicted molar refractivity (Wildman–Crippen MR) is 167 cm³/mol. The molecule has 4 aromatic rings. The second-order valence-electron chi connectivity index (χ2n) is 10.4. The molecule has 0 radical (unpaired) electrons. The van der Waals surface area contributed by atoms with Gasteiger partial charge in [0.25, 0.3) is 0 Å². The number of benzene rings is 2. The van der Waals surface area contributed by atoms with Gasteiger partial charge in [-0.1, -0.05) is 59.6 Å². The molecule has 43 heavy (non-hydrogen) atoms. The van der Waals surface area contributed by atoms with Gasteiger partial charge in [0.1, 0.15) is 11.4 Å². The van der Waals surface area contributed by atoms with Crippen molar-refractivity contribution >= 4 is 29.1 Å². The van der Waals surface area contributed by atoms with E-state index >= 15 is 0 Å². The number of carbonyl (C=O) groups is 1. The molecule has 0 bridgehead atoms. The zero-order valence-corrected chi connectivity index (χ0v) is 26.0. The summed E-state index contributed by atoms with van der Waals surface area (Å²) in [6.45, 7) is 1.69. The number of halogens is 2. The Morgan fingerprint density at radius 2 is 1.42 bits per heavy atom. The number of methoxy groups -OCH3 is 2. The number of nitrogens with one attached hydrogen (secondary N) is 2. The van der Waals surface area contributed by atoms with Gasteiger partial charge in [0, 0.05) is 54.4 Å². The van der Waals surface area contributed by atoms with Crippen LogP contribution in [0, 0.1) is 0 Å². The summed E-state index contributed by atoms with van der Waals surface area (Å²) in [4.78, 5) is 32.0. The monoisotopic (exact) mass is 621 g/mol. The summed E-state index contributed by atoms with van der Waals surface area (Å²) in [5, 5.41) is 7.24. The minimum atomic E-state index is 0.0869. The Hall–Kier alpha value is -3.83. The molecular formula is C31H33Cl2N7O3. The lowest BCUT2D eigenvalue weighted by Crippen LogP contribution is -2.35. The maximum absolute atomic E-state index is 11.5. The predicted octanol–water partition coefficient (Wildman–Crippen LogP) is 5.02. The molecule has 2 aromatic carbocycles. The minimum Gasteiger partial charge on any atom is -0.480 e. The number of aromatic nitrogens is 4. The van der Waals surface area contributed by atoms with Gasteiger partial charge in [-0.2, -0.15) is 0 Å². The molecule has 1 amide bonds. The van der Waals surface area contributed by atoms with Gasteiger partial charge < -0.3 is 25.0 Å². The standard InChI is InChI=1S/C31H33Cl2N7O3/c1-40(2)17-26-31(43-4)39-24(16-36-26)22-10-6-8-20(29(22)33)19-7-5-9-21(28(19)32)23-15-35-25(30(38-23)42-3)14-34-13-18-11-12-27(41)37-18/h5-10,15-16,18,34H,11-14,17H2,1-4H3,(H,37,41)/t18-/m0/s1. The highest BCUT2D eigenvalue weighted by molar-refractivity contribution is 6.39. The van der Waals surface area contributed by atoms with Crippen molar-refractivity contribution in [3.8, 4) is 45.4 Å². The number of hydrogen-bond donors (Lipinski definition) is 2. The summed E-state index contributed by atoms with van der Waals surface area (Å²) >= 11 is 14.0. The Labute approximate surface area is 260 Å². The van der Waals surface area contributed by atoms with Crippen LogP contribution in [0.1, 0.15) is 24.2 Å². The van der Waals surface area contributed by atoms with E-state index in [0.29, 0.717) is 76.1 Å². The Morgan fingerprint density at radius 1 is 0.884 bits per heavy atom. The van der Waals surface area contributed by atoms with Gasteiger partial charge in [0.15, 0.2) is 0 Å². The maximum atomic E-state index is 11.5. The number of nitrogens with zero attached hydrogens (tertiary/aromatic N) is 5. The van der Waals surface area contributed by atoms with Crippen molar-refractivity contribution < 1.29 is 14.3 Å². The summed E-state index contributed by atoms with van der Waals surface area (Å²) in [5.41, 5.74) is 5.42. The normalized spacial score (nSPS) is 14.7. The van der Waals surface area contributed by atoms with E-state index in [1.54, 1.807) is 26.6 Å². The number of carbonyl (C=O) groups excluding carboxylic acids is 1. The Morgan fingerprint density at radius 3 is 1.93 bits per heavy atom. The fourth-order valence-corrected chi connectivity index (χ4v) is 5.63. The van der Waals surface area contributed by atoms with Crippen LogP contribution in [0.5, 0.6) is 11.8 Å². The Balaban J connectivity index is 1.42. The van der Waals surface area contributed by atoms with E-state index in [-0.39, 0.29) is 11.9 Å². The molecule has 0 spiro atoms. The SMILES string of the molecule is COc1nc(-c2cccc(-c3cccc(-c4cnc(CN(C)C)c(OC)n4)c3Cl)c2Cl)cnc1CNC[C@@H]1CCC(=O)N1. The Bertz CT molecular complexity index is 1630. The van der Waals surface area contributed by atoms with Crippen LogP contribution in [0.4, 0.5) is 0 Å². The second kappa shape index (κ2) is 13.6. The molecule has 1 aliphatic heterocycles. The van der Waals surface area contributed by atoms with Crippen LogP contribution in [0.25, 0.3) is 33.6 Å². The molecule has 0 aliphatic carbocycles. The van der Waals surface area contributed by atoms with Gasteiger partial charge in [0.2, 0.25) is 17.7 Å². The number of amides is 1. The molecule has 2 aromatic heterocycles. The van der Waals surface area contributed by atoms with E-state index < -0.39 is 0 Å². The van der Waals surface area contributed by atoms with Crippen molar-refractivity contribution in [2.45, 2.75) is 32.0 Å². The third-order valence-corrected chi connectivity index (χ3v) is 7.90. The maximum Gasteiger partial charge on any atom is 0.237 e. The van der Waals surface area contributed by atoms with Gasteiger partial charge >= 0.3 is 0 Å². The average molecular weight is 623 g/mol. The number of rotatable bonds is 11. The van der Waals surface area contributed by atoms with Crippen molar-refractivity contribution in [1.29, 1.82) is 0 Å². The van der Waals surface area contributed by atoms with Gasteiger partial charge in [0.05, 0.1) is 48.0 Å². The zero-order valence-electron chi connectivity index (χ0n) is 24.4. The zero-order chi connectivity index (χ0) is 30.5. The summed E-state index contributed by atoms with van der Waals surface area (Å²) in [6.07, 6.45) is 4.76. The van der Waals surface area contributed by atoms with Gasteiger partial charge in [-0.25, -0.2) is 9.97 Å². The van der Waals surface area contributed by atoms with Crippen LogP contribution in [0.3, 0.4) is 0 Å². The molecule has 5 rings (SSSR count). The van der Waals surface area contributed by atoms with Crippen LogP contribution in [-0.2, 0) is 17.9 Å². The molecule has 3 heterocycles. The van der Waals surface area contributed by atoms with Gasteiger partial charge in [-0.05, 0) is 20.5 Å². The summed E-state index contributed by atoms with van der Waals surface area (Å²) in [5.74, 6) is 0.931. The van der Waals surface area contributed by atoms with Crippen molar-refractivity contribution in [1.82, 2.24) is 35.5 Å². The minimum absolute atomic E-state index is 0.0869. The van der Waals surface area contributed by atoms with Crippen molar-refractivity contribution in [3.05, 3.63) is 70.2 Å². The van der Waals surface area contributed by atoms with Gasteiger partial charge in [-0.15, -0.1) is 0 Å². The van der Waals surface area contributed by atoms with Crippen LogP contribution in [0.15, 0.2) is 48.8 Å². The van der Waals surface area contributed by atoms with Crippen LogP contribution >= 0.6 is 23.2 Å². The summed E-state index contributed by atoms with van der Waals surface area (Å²) in [6, 6.07) is 11.5. The fraction of sp³-hybridized carbons (Fsp3) is 0.323. The van der Waals surface area contributed by atoms with Crippen molar-refractivity contribution in [2.75, 3.05) is 34.9 Å². The highest BCUT2D eigenvalue weighted by atomic mass is 35.5. The first-order chi connectivity index (χ1) is 20.8. The van der Waals surface area contributed by atoms with Crippen LogP contribution in [-0.4, -0.2) is 71.6 Å². The smallest absolute Gasteiger partial charge is 0.237 e. The fourth-order valence-electron chi connectivity index (χ4n) is 4.98. The molecule has 1 atom stereocenters. The summed E-state index contributed by atoms with van der Waals surface area (Å²) < 4.78 is 11.1. The first-order valence-corrected chi connectivity index (χ1v) is 14.6. The van der Waals surface area contributed by atoms with E-state index in [1.807, 2.05) is 55.4 Å². The second-order valence-corrected chi connectivity index (χ2v) is 11.2. The lowest BCUT2D eigenvalue weighted by molar-refractivity contribution is -0.119. The van der Waals surface area contributed by atoms with Crippen molar-refractivity contribution in [2.24, 2.45) is 0 Å². The molecule has 0 saturated carbocycles. The van der Waals surface area contributed by atoms with E-state index in [0.717, 1.165) is 23.2 Å². The molecule has 2 N–H and O–H groups in total. The van der Waals surface area contributed by atoms with Crippen molar-refractivity contribution in [3.63, 3.8) is 0 Å². The molecule has 224 valence electrons. The van der Waals surface area contributed by atoms with E-state index in [9.17, 15) is 4.79 Å². The molecule has 1 saturated heterocycles. The van der Waals surface area contributed by atoms with Crippen LogP contribution < -0.4 is 20.1 Å². The Kier molecular flexibility index (Phi) is 9.72. The highest BCUT2D eigenvalue weighted by Crippen LogP contribution is 2.42. The third-order valence-electron chi connectivity index (χ3n) is 7.08. The molecule has 1 aliphatic rings. The first kappa shape index (κ1) is 30.6. The molecule has 12 heteroatoms. The van der Waals surface area contributed by atoms with Crippen LogP contribution in [0.2, 0.25) is 10.0 Å². The number of hydrogen-bond acceptors (Lipinski definition) is 9. The molecule has 10 nitrogen and oxygen atoms in total. The van der Waals surface area contributed by atoms with Gasteiger partial charge in [-0.3, -0.25) is 14.8 Å². The average Bonchev–Trinajstić information content (AvgIpc) is 3.42. The first-order valence-electron chi connectivity index (χ1n) is 13.8. The summed E-state index contributed by atoms with van der Waals surface area (Å²) in [7, 11) is 7.06. The van der Waals surface area contributed by atoms with E-state index in [4.69, 9.17) is 37.7 Å². The third kappa shape index (κ3) is 6.88. The molecule has 0 unspecified atom stereocenters. The topological polar surface area (TPSA) is 114 Å². The van der Waals surface area contributed by atoms with E-state index in [1.165, 1.54) is 0 Å². The lowest BCUT2D eigenvalue weighted by atomic mass is 9.98. The highest BCUT2D eigenvalue weighted by Gasteiger charge is 2.21. The number of ether oxygens (including phenoxy) is 2. The largest absolute Gasteiger partial charge is 0.480 e. The van der Waals surface area contributed by atoms with E-state index in [2.05, 4.69) is 25.6 Å². The molecule has 1 fully saturated rings. The molecular weight excluding hydrogens is 589 g/mol.